The van der Waals surface area contributed by atoms with Crippen molar-refractivity contribution in [1.29, 1.82) is 0 Å². The van der Waals surface area contributed by atoms with Gasteiger partial charge in [0.2, 0.25) is 0 Å². The Morgan fingerprint density at radius 1 is 1.24 bits per heavy atom. The number of nitrogens with one attached hydrogen (secondary N) is 1. The number of carbonyl (C=O) groups excluding carboxylic acids is 1. The molecule has 0 radical (unpaired) electrons. The van der Waals surface area contributed by atoms with E-state index < -0.39 is 0 Å². The molecule has 1 aromatic rings. The third-order valence-electron chi connectivity index (χ3n) is 3.90. The molecule has 1 saturated heterocycles. The Morgan fingerprint density at radius 2 is 1.95 bits per heavy atom. The van der Waals surface area contributed by atoms with E-state index in [0.29, 0.717) is 17.0 Å². The first-order valence-corrected chi connectivity index (χ1v) is 8.46. The normalized spacial score (nSPS) is 17.0. The standard InChI is InChI=1S/C15H24BrN3O2/c1-2-18-9-11-19(12-10-18)8-4-3-7-17-15(20)13-5-6-14(16)21-13/h5-6H,2-4,7-12H2,1H3,(H,17,20). The van der Waals surface area contributed by atoms with Crippen LogP contribution in [0.3, 0.4) is 0 Å². The fourth-order valence-corrected chi connectivity index (χ4v) is 2.82. The van der Waals surface area contributed by atoms with Crippen LogP contribution in [0.15, 0.2) is 21.2 Å². The van der Waals surface area contributed by atoms with Gasteiger partial charge in [0.15, 0.2) is 10.4 Å². The number of amides is 1. The van der Waals surface area contributed by atoms with Crippen LogP contribution in [0.2, 0.25) is 0 Å². The predicted molar refractivity (Wildman–Crippen MR) is 86.5 cm³/mol. The van der Waals surface area contributed by atoms with Crippen LogP contribution in [0.4, 0.5) is 0 Å². The van der Waals surface area contributed by atoms with Gasteiger partial charge in [0.1, 0.15) is 0 Å². The molecule has 0 bridgehead atoms. The highest BCUT2D eigenvalue weighted by molar-refractivity contribution is 9.10. The quantitative estimate of drug-likeness (QED) is 0.760. The molecule has 1 aliphatic rings. The van der Waals surface area contributed by atoms with Crippen molar-refractivity contribution < 1.29 is 9.21 Å². The zero-order chi connectivity index (χ0) is 15.1. The van der Waals surface area contributed by atoms with Crippen molar-refractivity contribution in [3.8, 4) is 0 Å². The third kappa shape index (κ3) is 5.45. The Kier molecular flexibility index (Phi) is 6.73. The SMILES string of the molecule is CCN1CCN(CCCCNC(=O)c2ccc(Br)o2)CC1. The molecule has 0 spiro atoms. The van der Waals surface area contributed by atoms with Gasteiger partial charge in [-0.2, -0.15) is 0 Å². The summed E-state index contributed by atoms with van der Waals surface area (Å²) in [6.07, 6.45) is 2.12. The summed E-state index contributed by atoms with van der Waals surface area (Å²) in [5, 5.41) is 2.89. The highest BCUT2D eigenvalue weighted by Gasteiger charge is 2.14. The van der Waals surface area contributed by atoms with Crippen molar-refractivity contribution in [2.45, 2.75) is 19.8 Å². The van der Waals surface area contributed by atoms with E-state index in [1.165, 1.54) is 26.2 Å². The Bertz CT molecular complexity index is 442. The molecule has 1 aliphatic heterocycles. The number of halogens is 1. The molecule has 2 rings (SSSR count). The molecule has 0 atom stereocenters. The lowest BCUT2D eigenvalue weighted by atomic mass is 10.2. The summed E-state index contributed by atoms with van der Waals surface area (Å²) in [6, 6.07) is 3.40. The number of hydrogen-bond acceptors (Lipinski definition) is 4. The predicted octanol–water partition coefficient (Wildman–Crippen LogP) is 2.19. The van der Waals surface area contributed by atoms with Crippen molar-refractivity contribution >= 4 is 21.8 Å². The van der Waals surface area contributed by atoms with Crippen molar-refractivity contribution in [3.05, 3.63) is 22.6 Å². The summed E-state index contributed by atoms with van der Waals surface area (Å²) < 4.78 is 5.79. The lowest BCUT2D eigenvalue weighted by Gasteiger charge is -2.33. The zero-order valence-corrected chi connectivity index (χ0v) is 14.2. The minimum atomic E-state index is -0.141. The number of furan rings is 1. The van der Waals surface area contributed by atoms with Crippen molar-refractivity contribution in [3.63, 3.8) is 0 Å². The molecule has 1 fully saturated rings. The summed E-state index contributed by atoms with van der Waals surface area (Å²) in [7, 11) is 0. The monoisotopic (exact) mass is 357 g/mol. The first kappa shape index (κ1) is 16.5. The van der Waals surface area contributed by atoms with Gasteiger partial charge in [-0.15, -0.1) is 0 Å². The number of carbonyl (C=O) groups is 1. The maximum absolute atomic E-state index is 11.8. The summed E-state index contributed by atoms with van der Waals surface area (Å²) in [5.74, 6) is 0.217. The molecule has 0 saturated carbocycles. The van der Waals surface area contributed by atoms with E-state index in [9.17, 15) is 4.79 Å². The Hall–Kier alpha value is -0.850. The van der Waals surface area contributed by atoms with Gasteiger partial charge in [0.05, 0.1) is 0 Å². The van der Waals surface area contributed by atoms with Gasteiger partial charge in [-0.1, -0.05) is 6.92 Å². The lowest BCUT2D eigenvalue weighted by Crippen LogP contribution is -2.46. The van der Waals surface area contributed by atoms with Crippen LogP contribution in [-0.4, -0.2) is 61.5 Å². The van der Waals surface area contributed by atoms with Crippen molar-refractivity contribution in [1.82, 2.24) is 15.1 Å². The highest BCUT2D eigenvalue weighted by Crippen LogP contribution is 2.13. The van der Waals surface area contributed by atoms with Gasteiger partial charge in [0, 0.05) is 32.7 Å². The van der Waals surface area contributed by atoms with E-state index in [1.807, 2.05) is 0 Å². The number of hydrogen-bond donors (Lipinski definition) is 1. The van der Waals surface area contributed by atoms with Crippen LogP contribution in [-0.2, 0) is 0 Å². The van der Waals surface area contributed by atoms with Crippen LogP contribution in [0, 0.1) is 0 Å². The average molecular weight is 358 g/mol. The number of likely N-dealkylation sites (N-methyl/N-ethyl adjacent to an activating group) is 1. The van der Waals surface area contributed by atoms with Gasteiger partial charge < -0.3 is 19.5 Å². The number of rotatable bonds is 7. The second-order valence-corrected chi connectivity index (χ2v) is 6.12. The number of nitrogens with zero attached hydrogens (tertiary/aromatic N) is 2. The number of unbranched alkanes of at least 4 members (excludes halogenated alkanes) is 1. The second kappa shape index (κ2) is 8.56. The Labute approximate surface area is 134 Å². The summed E-state index contributed by atoms with van der Waals surface area (Å²) in [5.41, 5.74) is 0. The summed E-state index contributed by atoms with van der Waals surface area (Å²) in [6.45, 7) is 9.90. The average Bonchev–Trinajstić information content (AvgIpc) is 2.94. The maximum atomic E-state index is 11.8. The van der Waals surface area contributed by atoms with E-state index in [1.54, 1.807) is 12.1 Å². The molecule has 1 amide bonds. The molecule has 5 nitrogen and oxygen atoms in total. The zero-order valence-electron chi connectivity index (χ0n) is 12.6. The molecule has 0 unspecified atom stereocenters. The molecular weight excluding hydrogens is 334 g/mol. The van der Waals surface area contributed by atoms with Crippen molar-refractivity contribution in [2.24, 2.45) is 0 Å². The minimum Gasteiger partial charge on any atom is -0.444 e. The largest absolute Gasteiger partial charge is 0.444 e. The molecule has 0 aliphatic carbocycles. The molecule has 6 heteroatoms. The number of piperazine rings is 1. The van der Waals surface area contributed by atoms with Gasteiger partial charge >= 0.3 is 0 Å². The van der Waals surface area contributed by atoms with Gasteiger partial charge in [-0.3, -0.25) is 4.79 Å². The Morgan fingerprint density at radius 3 is 2.57 bits per heavy atom. The summed E-state index contributed by atoms with van der Waals surface area (Å²) in [4.78, 5) is 16.7. The molecular formula is C15H24BrN3O2. The van der Waals surface area contributed by atoms with E-state index in [4.69, 9.17) is 4.42 Å². The lowest BCUT2D eigenvalue weighted by molar-refractivity contribution is 0.0922. The molecule has 0 aromatic carbocycles. The van der Waals surface area contributed by atoms with Gasteiger partial charge in [0.25, 0.3) is 5.91 Å². The summed E-state index contributed by atoms with van der Waals surface area (Å²) >= 11 is 3.19. The van der Waals surface area contributed by atoms with Crippen LogP contribution in [0.25, 0.3) is 0 Å². The van der Waals surface area contributed by atoms with Crippen molar-refractivity contribution in [2.75, 3.05) is 45.8 Å². The fourth-order valence-electron chi connectivity index (χ4n) is 2.51. The molecule has 118 valence electrons. The fraction of sp³-hybridized carbons (Fsp3) is 0.667. The molecule has 1 N–H and O–H groups in total. The van der Waals surface area contributed by atoms with E-state index in [0.717, 1.165) is 25.9 Å². The Balaban J connectivity index is 1.53. The maximum Gasteiger partial charge on any atom is 0.287 e. The van der Waals surface area contributed by atoms with Crippen LogP contribution >= 0.6 is 15.9 Å². The van der Waals surface area contributed by atoms with Crippen LogP contribution < -0.4 is 5.32 Å². The van der Waals surface area contributed by atoms with E-state index in [-0.39, 0.29) is 5.91 Å². The third-order valence-corrected chi connectivity index (χ3v) is 4.32. The smallest absolute Gasteiger partial charge is 0.287 e. The first-order chi connectivity index (χ1) is 10.2. The second-order valence-electron chi connectivity index (χ2n) is 5.34. The van der Waals surface area contributed by atoms with Crippen LogP contribution in [0.1, 0.15) is 30.3 Å². The first-order valence-electron chi connectivity index (χ1n) is 7.67. The molecule has 2 heterocycles. The molecule has 21 heavy (non-hydrogen) atoms. The minimum absolute atomic E-state index is 0.141. The van der Waals surface area contributed by atoms with E-state index >= 15 is 0 Å². The van der Waals surface area contributed by atoms with Gasteiger partial charge in [-0.05, 0) is 54.0 Å². The topological polar surface area (TPSA) is 48.7 Å². The molecule has 1 aromatic heterocycles. The van der Waals surface area contributed by atoms with E-state index in [2.05, 4.69) is 38.0 Å². The van der Waals surface area contributed by atoms with Gasteiger partial charge in [-0.25, -0.2) is 0 Å². The highest BCUT2D eigenvalue weighted by atomic mass is 79.9. The van der Waals surface area contributed by atoms with Crippen LogP contribution in [0.5, 0.6) is 0 Å².